The first-order valence-corrected chi connectivity index (χ1v) is 3.19. The lowest BCUT2D eigenvalue weighted by Gasteiger charge is -1.94. The van der Waals surface area contributed by atoms with Gasteiger partial charge in [-0.25, -0.2) is 4.79 Å². The summed E-state index contributed by atoms with van der Waals surface area (Å²) in [7, 11) is 1.44. The minimum Gasteiger partial charge on any atom is -0.323 e. The van der Waals surface area contributed by atoms with Crippen LogP contribution in [0.1, 0.15) is 13.3 Å². The third-order valence-electron chi connectivity index (χ3n) is 0.723. The quantitative estimate of drug-likeness (QED) is 0.380. The molecule has 4 nitrogen and oxygen atoms in total. The summed E-state index contributed by atoms with van der Waals surface area (Å²) >= 11 is 5.41. The molecule has 0 aromatic carbocycles. The average Bonchev–Trinajstić information content (AvgIpc) is 1.99. The zero-order valence-corrected chi connectivity index (χ0v) is 6.60. The molecule has 1 N–H and O–H groups in total. The van der Waals surface area contributed by atoms with Crippen LogP contribution in [0.4, 0.5) is 4.79 Å². The third-order valence-corrected chi connectivity index (χ3v) is 1.06. The van der Waals surface area contributed by atoms with Crippen molar-refractivity contribution < 1.29 is 9.63 Å². The second kappa shape index (κ2) is 5.05. The van der Waals surface area contributed by atoms with Gasteiger partial charge in [-0.05, 0) is 0 Å². The highest BCUT2D eigenvalue weighted by atomic mass is 35.5. The van der Waals surface area contributed by atoms with Gasteiger partial charge in [0.25, 0.3) is 0 Å². The van der Waals surface area contributed by atoms with Gasteiger partial charge in [-0.1, -0.05) is 23.7 Å². The molecule has 0 heterocycles. The van der Waals surface area contributed by atoms with Crippen LogP contribution < -0.4 is 5.32 Å². The molecular formula is C5H9ClN2O2. The fourth-order valence-electron chi connectivity index (χ4n) is 0.201. The molecule has 0 unspecified atom stereocenters. The Kier molecular flexibility index (Phi) is 4.66. The Morgan fingerprint density at radius 1 is 1.80 bits per heavy atom. The molecule has 1 amide bonds. The normalized spacial score (nSPS) is 10.9. The summed E-state index contributed by atoms with van der Waals surface area (Å²) in [6.07, 6.45) is -0.0648. The standard InChI is InChI=1S/C5H9ClN2O2/c1-3-4(6)8-10-5(9)7-2/h3H2,1-2H3,(H,7,9). The van der Waals surface area contributed by atoms with E-state index in [1.54, 1.807) is 6.92 Å². The van der Waals surface area contributed by atoms with E-state index in [1.807, 2.05) is 0 Å². The Labute approximate surface area is 64.2 Å². The van der Waals surface area contributed by atoms with E-state index in [0.717, 1.165) is 0 Å². The van der Waals surface area contributed by atoms with Crippen molar-refractivity contribution in [2.75, 3.05) is 7.05 Å². The van der Waals surface area contributed by atoms with Crippen LogP contribution in [0.2, 0.25) is 0 Å². The van der Waals surface area contributed by atoms with Crippen molar-refractivity contribution in [3.63, 3.8) is 0 Å². The molecule has 0 aromatic heterocycles. The van der Waals surface area contributed by atoms with Crippen LogP contribution in [0.25, 0.3) is 0 Å². The predicted molar refractivity (Wildman–Crippen MR) is 39.1 cm³/mol. The van der Waals surface area contributed by atoms with Crippen molar-refractivity contribution in [2.24, 2.45) is 5.16 Å². The van der Waals surface area contributed by atoms with E-state index in [9.17, 15) is 4.79 Å². The van der Waals surface area contributed by atoms with E-state index in [0.29, 0.717) is 6.42 Å². The van der Waals surface area contributed by atoms with Crippen molar-refractivity contribution in [1.29, 1.82) is 0 Å². The summed E-state index contributed by atoms with van der Waals surface area (Å²) in [4.78, 5) is 14.6. The molecule has 0 saturated heterocycles. The molecule has 0 aliphatic carbocycles. The highest BCUT2D eigenvalue weighted by molar-refractivity contribution is 6.65. The summed E-state index contributed by atoms with van der Waals surface area (Å²) < 4.78 is 0. The van der Waals surface area contributed by atoms with Crippen LogP contribution in [-0.4, -0.2) is 18.3 Å². The Morgan fingerprint density at radius 3 is 2.80 bits per heavy atom. The Hall–Kier alpha value is -0.770. The summed E-state index contributed by atoms with van der Waals surface area (Å²) in [5.41, 5.74) is 0. The number of hydrogen-bond donors (Lipinski definition) is 1. The van der Waals surface area contributed by atoms with Gasteiger partial charge in [0.15, 0.2) is 0 Å². The van der Waals surface area contributed by atoms with Crippen molar-refractivity contribution >= 4 is 22.9 Å². The third kappa shape index (κ3) is 4.14. The minimum atomic E-state index is -0.619. The number of carbonyl (C=O) groups is 1. The molecule has 0 saturated carbocycles. The van der Waals surface area contributed by atoms with Gasteiger partial charge in [0.2, 0.25) is 0 Å². The maximum Gasteiger partial charge on any atom is 0.433 e. The number of nitrogens with one attached hydrogen (secondary N) is 1. The van der Waals surface area contributed by atoms with Crippen LogP contribution in [0.3, 0.4) is 0 Å². The minimum absolute atomic E-state index is 0.267. The van der Waals surface area contributed by atoms with Gasteiger partial charge in [0.1, 0.15) is 5.17 Å². The zero-order valence-electron chi connectivity index (χ0n) is 5.85. The van der Waals surface area contributed by atoms with E-state index in [4.69, 9.17) is 11.6 Å². The Morgan fingerprint density at radius 2 is 2.40 bits per heavy atom. The first-order chi connectivity index (χ1) is 4.70. The second-order valence-corrected chi connectivity index (χ2v) is 1.89. The van der Waals surface area contributed by atoms with Gasteiger partial charge < -0.3 is 5.32 Å². The molecule has 5 heteroatoms. The Balaban J connectivity index is 3.61. The van der Waals surface area contributed by atoms with Crippen LogP contribution in [0.5, 0.6) is 0 Å². The van der Waals surface area contributed by atoms with E-state index >= 15 is 0 Å². The number of nitrogens with zero attached hydrogens (tertiary/aromatic N) is 1. The molecule has 0 atom stereocenters. The van der Waals surface area contributed by atoms with E-state index in [1.165, 1.54) is 7.05 Å². The van der Waals surface area contributed by atoms with Crippen molar-refractivity contribution in [3.8, 4) is 0 Å². The smallest absolute Gasteiger partial charge is 0.323 e. The molecule has 58 valence electrons. The number of hydrogen-bond acceptors (Lipinski definition) is 3. The van der Waals surface area contributed by atoms with Crippen LogP contribution in [-0.2, 0) is 4.84 Å². The zero-order chi connectivity index (χ0) is 7.98. The summed E-state index contributed by atoms with van der Waals surface area (Å²) in [5.74, 6) is 0. The van der Waals surface area contributed by atoms with E-state index in [-0.39, 0.29) is 5.17 Å². The maximum absolute atomic E-state index is 10.3. The average molecular weight is 165 g/mol. The van der Waals surface area contributed by atoms with Crippen LogP contribution in [0.15, 0.2) is 5.16 Å². The van der Waals surface area contributed by atoms with E-state index < -0.39 is 6.09 Å². The SMILES string of the molecule is CCC(Cl)=NOC(=O)NC. The lowest BCUT2D eigenvalue weighted by atomic mass is 10.5. The van der Waals surface area contributed by atoms with Gasteiger partial charge in [-0.2, -0.15) is 0 Å². The number of oxime groups is 1. The molecule has 0 radical (unpaired) electrons. The molecule has 0 aromatic rings. The fourth-order valence-corrected chi connectivity index (χ4v) is 0.236. The second-order valence-electron chi connectivity index (χ2n) is 1.45. The highest BCUT2D eigenvalue weighted by Gasteiger charge is 1.95. The topological polar surface area (TPSA) is 50.7 Å². The lowest BCUT2D eigenvalue weighted by molar-refractivity contribution is 0.153. The summed E-state index contributed by atoms with van der Waals surface area (Å²) in [5, 5.41) is 5.77. The first-order valence-electron chi connectivity index (χ1n) is 2.81. The van der Waals surface area contributed by atoms with Gasteiger partial charge in [-0.3, -0.25) is 4.84 Å². The number of rotatable bonds is 2. The maximum atomic E-state index is 10.3. The largest absolute Gasteiger partial charge is 0.433 e. The van der Waals surface area contributed by atoms with Crippen LogP contribution in [0, 0.1) is 0 Å². The number of amides is 1. The fraction of sp³-hybridized carbons (Fsp3) is 0.600. The number of halogens is 1. The summed E-state index contributed by atoms with van der Waals surface area (Å²) in [6, 6.07) is 0. The van der Waals surface area contributed by atoms with Gasteiger partial charge in [-0.15, -0.1) is 0 Å². The van der Waals surface area contributed by atoms with Gasteiger partial charge >= 0.3 is 6.09 Å². The molecule has 0 aliphatic heterocycles. The monoisotopic (exact) mass is 164 g/mol. The highest BCUT2D eigenvalue weighted by Crippen LogP contribution is 1.92. The predicted octanol–water partition coefficient (Wildman–Crippen LogP) is 1.30. The summed E-state index contributed by atoms with van der Waals surface area (Å²) in [6.45, 7) is 1.80. The first kappa shape index (κ1) is 9.23. The van der Waals surface area contributed by atoms with Crippen LogP contribution >= 0.6 is 11.6 Å². The molecule has 10 heavy (non-hydrogen) atoms. The van der Waals surface area contributed by atoms with Crippen molar-refractivity contribution in [3.05, 3.63) is 0 Å². The molecule has 0 spiro atoms. The van der Waals surface area contributed by atoms with Crippen molar-refractivity contribution in [2.45, 2.75) is 13.3 Å². The molecule has 0 fully saturated rings. The van der Waals surface area contributed by atoms with Crippen molar-refractivity contribution in [1.82, 2.24) is 5.32 Å². The van der Waals surface area contributed by atoms with Gasteiger partial charge in [0.05, 0.1) is 0 Å². The molecular weight excluding hydrogens is 156 g/mol. The van der Waals surface area contributed by atoms with Gasteiger partial charge in [0, 0.05) is 13.5 Å². The number of carbonyl (C=O) groups excluding carboxylic acids is 1. The molecule has 0 rings (SSSR count). The lowest BCUT2D eigenvalue weighted by Crippen LogP contribution is -2.16. The molecule has 0 bridgehead atoms. The Bertz CT molecular complexity index is 147. The van der Waals surface area contributed by atoms with E-state index in [2.05, 4.69) is 15.3 Å². The molecule has 0 aliphatic rings.